The van der Waals surface area contributed by atoms with Gasteiger partial charge in [0, 0.05) is 0 Å². The number of halogens is 2. The molecule has 10 heavy (non-hydrogen) atoms. The molecule has 0 saturated heterocycles. The Morgan fingerprint density at radius 3 is 2.60 bits per heavy atom. The van der Waals surface area contributed by atoms with Crippen LogP contribution in [0.4, 0.5) is 8.28 Å². The summed E-state index contributed by atoms with van der Waals surface area (Å²) < 4.78 is 28.1. The van der Waals surface area contributed by atoms with Crippen molar-refractivity contribution in [3.05, 3.63) is 30.1 Å². The smallest absolute Gasteiger partial charge is 0.272 e. The third-order valence-electron chi connectivity index (χ3n) is 0.958. The molecule has 0 bridgehead atoms. The summed E-state index contributed by atoms with van der Waals surface area (Å²) in [5, 5.41) is 0. The third-order valence-corrected chi connectivity index (χ3v) is 1.20. The molecular formula is C6H4F2OS. The van der Waals surface area contributed by atoms with Crippen molar-refractivity contribution in [3.63, 3.8) is 0 Å². The predicted molar refractivity (Wildman–Crippen MR) is 35.7 cm³/mol. The molecule has 1 aromatic rings. The van der Waals surface area contributed by atoms with Gasteiger partial charge in [0.1, 0.15) is 0 Å². The highest BCUT2D eigenvalue weighted by Crippen LogP contribution is 2.19. The van der Waals surface area contributed by atoms with E-state index in [1.165, 1.54) is 18.2 Å². The first-order valence-electron chi connectivity index (χ1n) is 2.54. The fourth-order valence-electron chi connectivity index (χ4n) is 0.546. The Labute approximate surface area is 61.5 Å². The van der Waals surface area contributed by atoms with Crippen molar-refractivity contribution in [3.8, 4) is 5.75 Å². The summed E-state index contributed by atoms with van der Waals surface area (Å²) in [5.41, 5.74) is 0. The highest BCUT2D eigenvalue weighted by molar-refractivity contribution is 7.89. The van der Waals surface area contributed by atoms with Crippen molar-refractivity contribution < 1.29 is 12.5 Å². The number of hydrogen-bond acceptors (Lipinski definition) is 2. The zero-order valence-electron chi connectivity index (χ0n) is 4.88. The van der Waals surface area contributed by atoms with Crippen LogP contribution in [-0.2, 0) is 0 Å². The first-order valence-corrected chi connectivity index (χ1v) is 3.18. The monoisotopic (exact) mass is 162 g/mol. The minimum absolute atomic E-state index is 0.0880. The van der Waals surface area contributed by atoms with Gasteiger partial charge in [-0.05, 0) is 12.1 Å². The summed E-state index contributed by atoms with van der Waals surface area (Å²) in [6.45, 7) is 0. The zero-order valence-corrected chi connectivity index (χ0v) is 5.70. The van der Waals surface area contributed by atoms with Crippen LogP contribution >= 0.6 is 12.4 Å². The molecule has 0 aliphatic heterocycles. The van der Waals surface area contributed by atoms with E-state index in [1.807, 2.05) is 0 Å². The van der Waals surface area contributed by atoms with E-state index in [0.717, 1.165) is 0 Å². The van der Waals surface area contributed by atoms with Crippen LogP contribution in [0.5, 0.6) is 5.75 Å². The Morgan fingerprint density at radius 2 is 2.00 bits per heavy atom. The average molecular weight is 162 g/mol. The maximum atomic E-state index is 12.5. The summed E-state index contributed by atoms with van der Waals surface area (Å²) in [5.74, 6) is -0.650. The van der Waals surface area contributed by atoms with Crippen molar-refractivity contribution in [2.24, 2.45) is 0 Å². The molecule has 0 aliphatic rings. The van der Waals surface area contributed by atoms with Gasteiger partial charge in [-0.1, -0.05) is 12.1 Å². The van der Waals surface area contributed by atoms with E-state index in [2.05, 4.69) is 4.18 Å². The minimum atomic E-state index is -0.562. The molecule has 0 atom stereocenters. The van der Waals surface area contributed by atoms with Gasteiger partial charge in [0.05, 0.1) is 0 Å². The van der Waals surface area contributed by atoms with Crippen LogP contribution in [0.3, 0.4) is 0 Å². The van der Waals surface area contributed by atoms with Crippen LogP contribution in [-0.4, -0.2) is 0 Å². The van der Waals surface area contributed by atoms with Crippen LogP contribution in [0.1, 0.15) is 0 Å². The number of rotatable bonds is 2. The fraction of sp³-hybridized carbons (Fsp3) is 0. The van der Waals surface area contributed by atoms with E-state index in [4.69, 9.17) is 0 Å². The van der Waals surface area contributed by atoms with Crippen molar-refractivity contribution >= 4 is 12.4 Å². The summed E-state index contributed by atoms with van der Waals surface area (Å²) in [7, 11) is 0. The summed E-state index contributed by atoms with van der Waals surface area (Å²) in [4.78, 5) is 0. The van der Waals surface area contributed by atoms with Crippen molar-refractivity contribution in [2.75, 3.05) is 0 Å². The maximum absolute atomic E-state index is 12.5. The second-order valence-electron chi connectivity index (χ2n) is 1.58. The number of hydrogen-bond donors (Lipinski definition) is 0. The van der Waals surface area contributed by atoms with Gasteiger partial charge in [0.15, 0.2) is 11.6 Å². The van der Waals surface area contributed by atoms with Crippen LogP contribution < -0.4 is 4.18 Å². The Balaban J connectivity index is 2.81. The molecule has 0 radical (unpaired) electrons. The molecule has 0 fully saturated rings. The maximum Gasteiger partial charge on any atom is 0.272 e. The van der Waals surface area contributed by atoms with Crippen molar-refractivity contribution in [2.45, 2.75) is 0 Å². The molecule has 0 aliphatic carbocycles. The SMILES string of the molecule is FSOc1ccccc1F. The zero-order chi connectivity index (χ0) is 7.40. The van der Waals surface area contributed by atoms with Crippen LogP contribution in [0.2, 0.25) is 0 Å². The second kappa shape index (κ2) is 3.41. The normalized spacial score (nSPS) is 9.40. The quantitative estimate of drug-likeness (QED) is 0.618. The largest absolute Gasteiger partial charge is 0.394 e. The average Bonchev–Trinajstić information content (AvgIpc) is 1.94. The molecular weight excluding hydrogens is 158 g/mol. The first kappa shape index (κ1) is 7.34. The lowest BCUT2D eigenvalue weighted by molar-refractivity contribution is 0.529. The molecule has 54 valence electrons. The molecule has 0 N–H and O–H groups in total. The van der Waals surface area contributed by atoms with Crippen LogP contribution in [0.25, 0.3) is 0 Å². The Hall–Kier alpha value is -0.770. The van der Waals surface area contributed by atoms with E-state index >= 15 is 0 Å². The van der Waals surface area contributed by atoms with Crippen molar-refractivity contribution in [1.82, 2.24) is 0 Å². The van der Waals surface area contributed by atoms with Gasteiger partial charge in [0.25, 0.3) is 12.4 Å². The van der Waals surface area contributed by atoms with E-state index in [1.54, 1.807) is 6.07 Å². The summed E-state index contributed by atoms with van der Waals surface area (Å²) in [6.07, 6.45) is 0. The molecule has 0 unspecified atom stereocenters. The predicted octanol–water partition coefficient (Wildman–Crippen LogP) is 2.74. The first-order chi connectivity index (χ1) is 4.84. The topological polar surface area (TPSA) is 9.23 Å². The van der Waals surface area contributed by atoms with Gasteiger partial charge in [-0.2, -0.15) is 0 Å². The van der Waals surface area contributed by atoms with E-state index in [9.17, 15) is 8.28 Å². The molecule has 1 aromatic carbocycles. The molecule has 0 amide bonds. The number of para-hydroxylation sites is 1. The van der Waals surface area contributed by atoms with Gasteiger partial charge < -0.3 is 4.18 Å². The van der Waals surface area contributed by atoms with E-state index < -0.39 is 5.82 Å². The van der Waals surface area contributed by atoms with Gasteiger partial charge in [-0.3, -0.25) is 0 Å². The standard InChI is InChI=1S/C6H4F2OS/c7-5-3-1-2-4-6(5)9-10-8/h1-4H. The molecule has 4 heteroatoms. The second-order valence-corrected chi connectivity index (χ2v) is 1.87. The van der Waals surface area contributed by atoms with E-state index in [0.29, 0.717) is 0 Å². The lowest BCUT2D eigenvalue weighted by atomic mass is 10.3. The molecule has 1 nitrogen and oxygen atoms in total. The van der Waals surface area contributed by atoms with Crippen LogP contribution in [0.15, 0.2) is 24.3 Å². The fourth-order valence-corrected chi connectivity index (χ4v) is 0.749. The highest BCUT2D eigenvalue weighted by atomic mass is 32.2. The molecule has 0 heterocycles. The minimum Gasteiger partial charge on any atom is -0.394 e. The molecule has 0 spiro atoms. The number of benzene rings is 1. The van der Waals surface area contributed by atoms with Gasteiger partial charge in [-0.25, -0.2) is 4.39 Å². The third kappa shape index (κ3) is 1.60. The van der Waals surface area contributed by atoms with Gasteiger partial charge in [0.2, 0.25) is 0 Å². The lowest BCUT2D eigenvalue weighted by Crippen LogP contribution is -1.81. The van der Waals surface area contributed by atoms with Crippen molar-refractivity contribution in [1.29, 1.82) is 0 Å². The van der Waals surface area contributed by atoms with Crippen LogP contribution in [0, 0.1) is 5.82 Å². The van der Waals surface area contributed by atoms with E-state index in [-0.39, 0.29) is 18.2 Å². The Morgan fingerprint density at radius 1 is 1.30 bits per heavy atom. The Kier molecular flexibility index (Phi) is 2.50. The molecule has 1 rings (SSSR count). The summed E-state index contributed by atoms with van der Waals surface area (Å²) in [6, 6.07) is 5.62. The lowest BCUT2D eigenvalue weighted by Gasteiger charge is -1.96. The van der Waals surface area contributed by atoms with Gasteiger partial charge >= 0.3 is 0 Å². The molecule has 0 saturated carbocycles. The summed E-state index contributed by atoms with van der Waals surface area (Å²) >= 11 is -0.371. The van der Waals surface area contributed by atoms with Gasteiger partial charge in [-0.15, -0.1) is 3.89 Å². The Bertz CT molecular complexity index is 217. The highest BCUT2D eigenvalue weighted by Gasteiger charge is 2.00. The molecule has 0 aromatic heterocycles.